The van der Waals surface area contributed by atoms with Gasteiger partial charge in [0, 0.05) is 6.07 Å². The Morgan fingerprint density at radius 3 is 2.79 bits per heavy atom. The van der Waals surface area contributed by atoms with Gasteiger partial charge in [0.15, 0.2) is 0 Å². The van der Waals surface area contributed by atoms with Crippen molar-refractivity contribution in [3.8, 4) is 18.2 Å². The zero-order valence-corrected chi connectivity index (χ0v) is 8.53. The van der Waals surface area contributed by atoms with E-state index in [9.17, 15) is 0 Å². The monoisotopic (exact) mass is 191 g/mol. The number of methoxy groups -OCH3 is 1. The number of ether oxygens (including phenoxy) is 1. The second-order valence-electron chi connectivity index (χ2n) is 3.34. The molecular formula is C10H13N3O. The van der Waals surface area contributed by atoms with Gasteiger partial charge in [-0.25, -0.2) is 9.97 Å². The molecule has 0 aliphatic heterocycles. The van der Waals surface area contributed by atoms with Gasteiger partial charge < -0.3 is 10.1 Å². The molecule has 1 aromatic rings. The van der Waals surface area contributed by atoms with Crippen molar-refractivity contribution in [3.05, 3.63) is 12.4 Å². The van der Waals surface area contributed by atoms with Crippen molar-refractivity contribution in [1.82, 2.24) is 9.97 Å². The summed E-state index contributed by atoms with van der Waals surface area (Å²) in [6.45, 7) is 3.78. The minimum Gasteiger partial charge on any atom is -0.481 e. The van der Waals surface area contributed by atoms with Crippen LogP contribution in [-0.4, -0.2) is 22.6 Å². The summed E-state index contributed by atoms with van der Waals surface area (Å²) >= 11 is 0. The van der Waals surface area contributed by atoms with Crippen LogP contribution in [-0.2, 0) is 0 Å². The maximum atomic E-state index is 5.34. The first-order chi connectivity index (χ1) is 6.57. The highest BCUT2D eigenvalue weighted by Gasteiger charge is 2.13. The Balaban J connectivity index is 2.83. The Labute approximate surface area is 83.7 Å². The first-order valence-electron chi connectivity index (χ1n) is 4.19. The van der Waals surface area contributed by atoms with Crippen LogP contribution in [0.25, 0.3) is 0 Å². The third kappa shape index (κ3) is 2.63. The van der Waals surface area contributed by atoms with Gasteiger partial charge in [-0.3, -0.25) is 0 Å². The summed E-state index contributed by atoms with van der Waals surface area (Å²) in [6, 6.07) is 1.69. The average Bonchev–Trinajstić information content (AvgIpc) is 2.17. The van der Waals surface area contributed by atoms with Gasteiger partial charge in [-0.1, -0.05) is 5.92 Å². The Morgan fingerprint density at radius 1 is 1.50 bits per heavy atom. The molecule has 1 rings (SSSR count). The van der Waals surface area contributed by atoms with E-state index < -0.39 is 5.54 Å². The quantitative estimate of drug-likeness (QED) is 0.732. The predicted molar refractivity (Wildman–Crippen MR) is 55.1 cm³/mol. The van der Waals surface area contributed by atoms with Crippen LogP contribution in [0.5, 0.6) is 5.88 Å². The molecular weight excluding hydrogens is 178 g/mol. The first kappa shape index (κ1) is 10.3. The fourth-order valence-electron chi connectivity index (χ4n) is 0.876. The van der Waals surface area contributed by atoms with Gasteiger partial charge >= 0.3 is 0 Å². The molecule has 74 valence electrons. The molecule has 0 aliphatic rings. The normalized spacial score (nSPS) is 10.4. The van der Waals surface area contributed by atoms with E-state index >= 15 is 0 Å². The van der Waals surface area contributed by atoms with E-state index in [1.54, 1.807) is 13.2 Å². The lowest BCUT2D eigenvalue weighted by molar-refractivity contribution is 0.397. The third-order valence-electron chi connectivity index (χ3n) is 1.65. The maximum absolute atomic E-state index is 5.34. The number of hydrogen-bond acceptors (Lipinski definition) is 4. The lowest BCUT2D eigenvalue weighted by Crippen LogP contribution is -2.28. The maximum Gasteiger partial charge on any atom is 0.218 e. The summed E-state index contributed by atoms with van der Waals surface area (Å²) < 4.78 is 4.96. The van der Waals surface area contributed by atoms with Gasteiger partial charge in [0.1, 0.15) is 12.1 Å². The summed E-state index contributed by atoms with van der Waals surface area (Å²) in [6.07, 6.45) is 6.76. The van der Waals surface area contributed by atoms with Crippen molar-refractivity contribution in [1.29, 1.82) is 0 Å². The van der Waals surface area contributed by atoms with Gasteiger partial charge in [0.2, 0.25) is 5.88 Å². The highest BCUT2D eigenvalue weighted by molar-refractivity contribution is 5.42. The van der Waals surface area contributed by atoms with Gasteiger partial charge in [-0.05, 0) is 13.8 Å². The molecule has 0 spiro atoms. The van der Waals surface area contributed by atoms with E-state index in [1.165, 1.54) is 6.33 Å². The average molecular weight is 191 g/mol. The smallest absolute Gasteiger partial charge is 0.218 e. The molecule has 14 heavy (non-hydrogen) atoms. The number of rotatable bonds is 3. The Bertz CT molecular complexity index is 355. The van der Waals surface area contributed by atoms with Crippen molar-refractivity contribution >= 4 is 5.82 Å². The van der Waals surface area contributed by atoms with Gasteiger partial charge in [0.05, 0.1) is 12.6 Å². The molecule has 0 radical (unpaired) electrons. The minimum atomic E-state index is -0.431. The molecule has 1 N–H and O–H groups in total. The van der Waals surface area contributed by atoms with Crippen molar-refractivity contribution in [2.24, 2.45) is 0 Å². The van der Waals surface area contributed by atoms with Crippen LogP contribution in [0.2, 0.25) is 0 Å². The Hall–Kier alpha value is -1.76. The topological polar surface area (TPSA) is 47.0 Å². The largest absolute Gasteiger partial charge is 0.481 e. The van der Waals surface area contributed by atoms with Crippen LogP contribution in [0, 0.1) is 12.3 Å². The third-order valence-corrected chi connectivity index (χ3v) is 1.65. The molecule has 1 heterocycles. The number of aromatic nitrogens is 2. The highest BCUT2D eigenvalue weighted by atomic mass is 16.5. The Morgan fingerprint density at radius 2 is 2.21 bits per heavy atom. The zero-order chi connectivity index (χ0) is 10.6. The van der Waals surface area contributed by atoms with Crippen molar-refractivity contribution in [2.75, 3.05) is 12.4 Å². The fraction of sp³-hybridized carbons (Fsp3) is 0.400. The van der Waals surface area contributed by atoms with E-state index in [-0.39, 0.29) is 0 Å². The molecule has 0 saturated heterocycles. The lowest BCUT2D eigenvalue weighted by atomic mass is 10.1. The second kappa shape index (κ2) is 3.97. The van der Waals surface area contributed by atoms with Crippen LogP contribution in [0.15, 0.2) is 12.4 Å². The van der Waals surface area contributed by atoms with Crippen LogP contribution in [0.4, 0.5) is 5.82 Å². The molecule has 4 nitrogen and oxygen atoms in total. The summed E-state index contributed by atoms with van der Waals surface area (Å²) in [4.78, 5) is 7.91. The fourth-order valence-corrected chi connectivity index (χ4v) is 0.876. The van der Waals surface area contributed by atoms with Gasteiger partial charge in [-0.2, -0.15) is 0 Å². The van der Waals surface area contributed by atoms with E-state index in [0.29, 0.717) is 11.7 Å². The van der Waals surface area contributed by atoms with Crippen molar-refractivity contribution in [2.45, 2.75) is 19.4 Å². The second-order valence-corrected chi connectivity index (χ2v) is 3.34. The van der Waals surface area contributed by atoms with Crippen LogP contribution in [0.1, 0.15) is 13.8 Å². The first-order valence-corrected chi connectivity index (χ1v) is 4.19. The molecule has 4 heteroatoms. The van der Waals surface area contributed by atoms with E-state index in [2.05, 4.69) is 21.2 Å². The standard InChI is InChI=1S/C10H13N3O/c1-5-10(2,3)13-8-6-9(14-4)12-7-11-8/h1,6-7H,2-4H3,(H,11,12,13). The highest BCUT2D eigenvalue weighted by Crippen LogP contribution is 2.14. The van der Waals surface area contributed by atoms with Crippen LogP contribution in [0.3, 0.4) is 0 Å². The molecule has 0 fully saturated rings. The molecule has 1 aromatic heterocycles. The van der Waals surface area contributed by atoms with E-state index in [0.717, 1.165) is 0 Å². The van der Waals surface area contributed by atoms with Crippen molar-refractivity contribution < 1.29 is 4.74 Å². The Kier molecular flexibility index (Phi) is 2.92. The molecule has 0 aliphatic carbocycles. The molecule has 0 unspecified atom stereocenters. The number of hydrogen-bond donors (Lipinski definition) is 1. The van der Waals surface area contributed by atoms with Crippen LogP contribution < -0.4 is 10.1 Å². The number of terminal acetylenes is 1. The minimum absolute atomic E-state index is 0.431. The zero-order valence-electron chi connectivity index (χ0n) is 8.53. The number of anilines is 1. The van der Waals surface area contributed by atoms with E-state index in [4.69, 9.17) is 11.2 Å². The van der Waals surface area contributed by atoms with Gasteiger partial charge in [0.25, 0.3) is 0 Å². The predicted octanol–water partition coefficient (Wildman–Crippen LogP) is 1.31. The summed E-state index contributed by atoms with van der Waals surface area (Å²) in [5.41, 5.74) is -0.431. The lowest BCUT2D eigenvalue weighted by Gasteiger charge is -2.20. The summed E-state index contributed by atoms with van der Waals surface area (Å²) in [5.74, 6) is 3.78. The summed E-state index contributed by atoms with van der Waals surface area (Å²) in [5, 5.41) is 3.08. The van der Waals surface area contributed by atoms with E-state index in [1.807, 2.05) is 13.8 Å². The van der Waals surface area contributed by atoms with Gasteiger partial charge in [-0.15, -0.1) is 6.42 Å². The molecule has 0 bridgehead atoms. The molecule has 0 saturated carbocycles. The number of nitrogens with zero attached hydrogens (tertiary/aromatic N) is 2. The van der Waals surface area contributed by atoms with Crippen LogP contribution >= 0.6 is 0 Å². The SMILES string of the molecule is C#CC(C)(C)Nc1cc(OC)ncn1. The molecule has 0 atom stereocenters. The molecule has 0 aromatic carbocycles. The van der Waals surface area contributed by atoms with Crippen molar-refractivity contribution in [3.63, 3.8) is 0 Å². The molecule has 0 amide bonds. The summed E-state index contributed by atoms with van der Waals surface area (Å²) in [7, 11) is 1.55. The number of nitrogens with one attached hydrogen (secondary N) is 1.